The monoisotopic (exact) mass is 942 g/mol. The predicted molar refractivity (Wildman–Crippen MR) is 313 cm³/mol. The number of allylic oxidation sites excluding steroid dienone is 1. The first kappa shape index (κ1) is 43.3. The maximum Gasteiger partial charge on any atom is 0.0547 e. The summed E-state index contributed by atoms with van der Waals surface area (Å²) in [7, 11) is 0. The second-order valence-electron chi connectivity index (χ2n) is 19.5. The summed E-state index contributed by atoms with van der Waals surface area (Å²) in [5.41, 5.74) is 25.9. The number of rotatable bonds is 9. The Bertz CT molecular complexity index is 4120. The lowest BCUT2D eigenvalue weighted by atomic mass is 9.83. The fourth-order valence-electron chi connectivity index (χ4n) is 11.9. The number of fused-ring (bicyclic) bond motifs is 6. The number of hydrogen-bond donors (Lipinski definition) is 0. The third kappa shape index (κ3) is 7.42. The van der Waals surface area contributed by atoms with Gasteiger partial charge in [0.25, 0.3) is 0 Å². The predicted octanol–water partition coefficient (Wildman–Crippen LogP) is 19.2. The molecule has 74 heavy (non-hydrogen) atoms. The number of nitrogens with zero attached hydrogens (tertiary/aromatic N) is 2. The summed E-state index contributed by atoms with van der Waals surface area (Å²) in [6.45, 7) is 0. The summed E-state index contributed by atoms with van der Waals surface area (Å²) < 4.78 is 4.93. The smallest absolute Gasteiger partial charge is 0.0547 e. The van der Waals surface area contributed by atoms with E-state index in [4.69, 9.17) is 0 Å². The van der Waals surface area contributed by atoms with Crippen LogP contribution in [0.4, 0.5) is 0 Å². The van der Waals surface area contributed by atoms with Crippen LogP contribution in [0.2, 0.25) is 0 Å². The van der Waals surface area contributed by atoms with Crippen molar-refractivity contribution < 1.29 is 0 Å². The lowest BCUT2D eigenvalue weighted by molar-refractivity contribution is 0.981. The highest BCUT2D eigenvalue weighted by atomic mass is 15.0. The topological polar surface area (TPSA) is 9.86 Å². The lowest BCUT2D eigenvalue weighted by Crippen LogP contribution is -2.05. The molecular formula is C72H50N2. The number of hydrogen-bond acceptors (Lipinski definition) is 0. The van der Waals surface area contributed by atoms with Crippen molar-refractivity contribution in [1.82, 2.24) is 9.13 Å². The fourth-order valence-corrected chi connectivity index (χ4v) is 11.9. The zero-order valence-corrected chi connectivity index (χ0v) is 40.9. The summed E-state index contributed by atoms with van der Waals surface area (Å²) in [5, 5.41) is 3.81. The summed E-state index contributed by atoms with van der Waals surface area (Å²) in [5.74, 6) is 0. The average Bonchev–Trinajstić information content (AvgIpc) is 4.00. The first-order chi connectivity index (χ1) is 36.7. The standard InChI is InChI=1S/C72H50N2/c1-5-19-51(20-6-1)59-29-17-30-60(52-21-7-2-8-22-52)71(59)55-39-45-65-63-27-13-15-33-67(63)73(69(65)47-55)57-41-35-49(36-42-57)50-37-43-58(44-38-50)74-68-34-16-14-28-64(68)66-46-40-56(48-70(66)74)72-61(53-23-9-3-10-24-53)31-18-32-62(72)54-25-11-4-12-26-54/h1-39,41-45,47-48H,40,46H2. The van der Waals surface area contributed by atoms with Gasteiger partial charge in [0.2, 0.25) is 0 Å². The molecule has 348 valence electrons. The van der Waals surface area contributed by atoms with Gasteiger partial charge >= 0.3 is 0 Å². The van der Waals surface area contributed by atoms with Crippen molar-refractivity contribution >= 4 is 44.4 Å². The minimum absolute atomic E-state index is 0.965. The van der Waals surface area contributed by atoms with Gasteiger partial charge in [0.1, 0.15) is 0 Å². The molecule has 0 spiro atoms. The SMILES string of the molecule is C1=C(c2c(-c3ccccc3)cccc2-c2ccccc2)CCc2c1n(-c1ccc(-c3ccc(-n4c5ccccc5c5ccc(-c6c(-c7ccccc7)cccc6-c6ccccc6)cc54)cc3)cc1)c1ccccc21. The van der Waals surface area contributed by atoms with Crippen LogP contribution in [0.15, 0.2) is 273 Å². The molecule has 0 radical (unpaired) electrons. The summed E-state index contributed by atoms with van der Waals surface area (Å²) in [6.07, 6.45) is 4.42. The van der Waals surface area contributed by atoms with E-state index < -0.39 is 0 Å². The Morgan fingerprint density at radius 3 is 1.18 bits per heavy atom. The third-order valence-corrected chi connectivity index (χ3v) is 15.3. The van der Waals surface area contributed by atoms with Crippen LogP contribution in [0, 0.1) is 0 Å². The van der Waals surface area contributed by atoms with Crippen molar-refractivity contribution in [3.63, 3.8) is 0 Å². The van der Waals surface area contributed by atoms with Crippen LogP contribution in [0.3, 0.4) is 0 Å². The highest BCUT2D eigenvalue weighted by molar-refractivity contribution is 6.11. The van der Waals surface area contributed by atoms with Crippen LogP contribution in [0.1, 0.15) is 23.2 Å². The second-order valence-corrected chi connectivity index (χ2v) is 19.5. The van der Waals surface area contributed by atoms with E-state index in [1.807, 2.05) is 0 Å². The zero-order chi connectivity index (χ0) is 49.0. The van der Waals surface area contributed by atoms with Crippen molar-refractivity contribution in [2.24, 2.45) is 0 Å². The van der Waals surface area contributed by atoms with Gasteiger partial charge in [-0.2, -0.15) is 0 Å². The van der Waals surface area contributed by atoms with E-state index in [1.165, 1.54) is 122 Å². The molecule has 0 atom stereocenters. The van der Waals surface area contributed by atoms with Crippen LogP contribution in [-0.4, -0.2) is 9.13 Å². The maximum atomic E-state index is 2.49. The molecule has 0 saturated carbocycles. The number of para-hydroxylation sites is 2. The normalized spacial score (nSPS) is 12.3. The van der Waals surface area contributed by atoms with Gasteiger partial charge in [0, 0.05) is 27.5 Å². The molecule has 0 N–H and O–H groups in total. The maximum absolute atomic E-state index is 2.49. The van der Waals surface area contributed by atoms with Gasteiger partial charge in [-0.05, 0) is 145 Å². The van der Waals surface area contributed by atoms with Crippen molar-refractivity contribution in [3.8, 4) is 78.1 Å². The Morgan fingerprint density at radius 2 is 0.662 bits per heavy atom. The fraction of sp³-hybridized carbons (Fsp3) is 0.0278. The Morgan fingerprint density at radius 1 is 0.257 bits per heavy atom. The molecule has 2 nitrogen and oxygen atoms in total. The minimum Gasteiger partial charge on any atom is -0.310 e. The van der Waals surface area contributed by atoms with Crippen molar-refractivity contribution in [3.05, 3.63) is 290 Å². The van der Waals surface area contributed by atoms with E-state index in [0.717, 1.165) is 24.2 Å². The van der Waals surface area contributed by atoms with E-state index in [9.17, 15) is 0 Å². The summed E-state index contributed by atoms with van der Waals surface area (Å²) in [4.78, 5) is 0. The van der Waals surface area contributed by atoms with Gasteiger partial charge in [-0.15, -0.1) is 0 Å². The average molecular weight is 943 g/mol. The number of benzene rings is 11. The van der Waals surface area contributed by atoms with Crippen molar-refractivity contribution in [2.45, 2.75) is 12.8 Å². The third-order valence-electron chi connectivity index (χ3n) is 15.3. The van der Waals surface area contributed by atoms with E-state index in [0.29, 0.717) is 0 Å². The number of aryl methyl sites for hydroxylation is 1. The molecule has 0 fully saturated rings. The Balaban J connectivity index is 0.848. The quantitative estimate of drug-likeness (QED) is 0.136. The van der Waals surface area contributed by atoms with E-state index >= 15 is 0 Å². The van der Waals surface area contributed by atoms with Gasteiger partial charge in [-0.3, -0.25) is 0 Å². The first-order valence-electron chi connectivity index (χ1n) is 25.8. The van der Waals surface area contributed by atoms with Crippen LogP contribution in [0.5, 0.6) is 0 Å². The molecular weight excluding hydrogens is 893 g/mol. The minimum atomic E-state index is 0.965. The van der Waals surface area contributed by atoms with Gasteiger partial charge < -0.3 is 9.13 Å². The Hall–Kier alpha value is -9.50. The second kappa shape index (κ2) is 18.3. The molecule has 0 saturated heterocycles. The molecule has 13 aromatic rings. The lowest BCUT2D eigenvalue weighted by Gasteiger charge is -2.22. The molecule has 1 aliphatic rings. The molecule has 11 aromatic carbocycles. The zero-order valence-electron chi connectivity index (χ0n) is 40.9. The largest absolute Gasteiger partial charge is 0.310 e. The summed E-state index contributed by atoms with van der Waals surface area (Å²) >= 11 is 0. The van der Waals surface area contributed by atoms with Crippen molar-refractivity contribution in [2.75, 3.05) is 0 Å². The first-order valence-corrected chi connectivity index (χ1v) is 25.8. The van der Waals surface area contributed by atoms with Gasteiger partial charge in [0.05, 0.1) is 22.2 Å². The highest BCUT2D eigenvalue weighted by Crippen LogP contribution is 2.46. The van der Waals surface area contributed by atoms with Crippen molar-refractivity contribution in [1.29, 1.82) is 0 Å². The molecule has 2 heteroatoms. The van der Waals surface area contributed by atoms with E-state index in [1.54, 1.807) is 0 Å². The molecule has 14 rings (SSSR count). The molecule has 0 aliphatic heterocycles. The Kier molecular flexibility index (Phi) is 10.7. The van der Waals surface area contributed by atoms with Gasteiger partial charge in [0.15, 0.2) is 0 Å². The molecule has 0 amide bonds. The van der Waals surface area contributed by atoms with Crippen LogP contribution < -0.4 is 0 Å². The van der Waals surface area contributed by atoms with E-state index in [-0.39, 0.29) is 0 Å². The van der Waals surface area contributed by atoms with Crippen LogP contribution in [0.25, 0.3) is 122 Å². The van der Waals surface area contributed by atoms with Gasteiger partial charge in [-0.25, -0.2) is 0 Å². The van der Waals surface area contributed by atoms with Gasteiger partial charge in [-0.1, -0.05) is 231 Å². The molecule has 0 bridgehead atoms. The van der Waals surface area contributed by atoms with Crippen LogP contribution >= 0.6 is 0 Å². The number of aromatic nitrogens is 2. The van der Waals surface area contributed by atoms with E-state index in [2.05, 4.69) is 288 Å². The molecule has 0 unspecified atom stereocenters. The molecule has 1 aliphatic carbocycles. The molecule has 2 aromatic heterocycles. The highest BCUT2D eigenvalue weighted by Gasteiger charge is 2.25. The molecule has 2 heterocycles. The van der Waals surface area contributed by atoms with Crippen LogP contribution in [-0.2, 0) is 6.42 Å². The summed E-state index contributed by atoms with van der Waals surface area (Å²) in [6, 6.07) is 99.9. The Labute approximate surface area is 432 Å².